The van der Waals surface area contributed by atoms with Gasteiger partial charge in [0, 0.05) is 25.7 Å². The molecule has 0 fully saturated rings. The van der Waals surface area contributed by atoms with E-state index in [0.29, 0.717) is 31.6 Å². The topological polar surface area (TPSA) is 237 Å². The summed E-state index contributed by atoms with van der Waals surface area (Å²) in [6.45, 7) is 11.8. The Morgan fingerprint density at radius 3 is 0.756 bits per heavy atom. The number of phosphoric ester groups is 2. The molecule has 17 nitrogen and oxygen atoms in total. The van der Waals surface area contributed by atoms with Gasteiger partial charge in [-0.05, 0) is 43.4 Å². The number of aliphatic hydroxyl groups is 1. The highest BCUT2D eigenvalue weighted by atomic mass is 31.2. The molecule has 0 aromatic carbocycles. The summed E-state index contributed by atoms with van der Waals surface area (Å²) in [4.78, 5) is 72.5. The lowest BCUT2D eigenvalue weighted by atomic mass is 10.0. The fourth-order valence-electron chi connectivity index (χ4n) is 10.7. The Morgan fingerprint density at radius 2 is 0.511 bits per heavy atom. The van der Waals surface area contributed by atoms with Crippen molar-refractivity contribution in [1.82, 2.24) is 0 Å². The molecule has 0 aliphatic rings. The summed E-state index contributed by atoms with van der Waals surface area (Å²) in [6.07, 6.45) is 46.0. The molecule has 0 rings (SSSR count). The van der Waals surface area contributed by atoms with Crippen LogP contribution >= 0.6 is 15.6 Å². The number of unbranched alkanes of at least 4 members (excludes halogenated alkanes) is 37. The average molecular weight is 1330 g/mol. The normalized spacial score (nSPS) is 14.2. The van der Waals surface area contributed by atoms with Crippen molar-refractivity contribution >= 4 is 39.5 Å². The second kappa shape index (κ2) is 61.9. The number of esters is 4. The van der Waals surface area contributed by atoms with Crippen LogP contribution in [0, 0.1) is 17.8 Å². The number of rotatable bonds is 69. The number of ether oxygens (including phenoxy) is 4. The fraction of sp³-hybridized carbons (Fsp3) is 0.944. The van der Waals surface area contributed by atoms with Gasteiger partial charge in [-0.25, -0.2) is 9.13 Å². The predicted molar refractivity (Wildman–Crippen MR) is 363 cm³/mol. The molecule has 90 heavy (non-hydrogen) atoms. The Morgan fingerprint density at radius 1 is 0.300 bits per heavy atom. The van der Waals surface area contributed by atoms with Gasteiger partial charge in [0.25, 0.3) is 0 Å². The third-order valence-electron chi connectivity index (χ3n) is 16.4. The monoisotopic (exact) mass is 1320 g/mol. The standard InChI is InChI=1S/C71H138O17P2/c1-8-9-10-11-12-13-14-15-18-21-24-30-38-45-52-68(73)81-58-66(87-70(75)54-47-40-31-25-22-19-16-17-20-23-28-35-42-49-62(2)3)60-85-89(77,78)83-56-65(72)57-84-90(79,80)86-61-67(59-82-69(74)53-46-39-34-33-37-44-51-64(6)7)88-71(76)55-48-41-32-27-26-29-36-43-50-63(4)5/h62-67,72H,8-61H2,1-7H3,(H,77,78)(H,79,80)/t65-,66-,67-/m1/s1. The minimum atomic E-state index is -4.95. The van der Waals surface area contributed by atoms with Gasteiger partial charge in [0.2, 0.25) is 0 Å². The van der Waals surface area contributed by atoms with E-state index in [0.717, 1.165) is 108 Å². The molecule has 19 heteroatoms. The minimum absolute atomic E-state index is 0.103. The molecule has 0 radical (unpaired) electrons. The minimum Gasteiger partial charge on any atom is -0.462 e. The van der Waals surface area contributed by atoms with Crippen molar-refractivity contribution in [3.8, 4) is 0 Å². The first-order valence-electron chi connectivity index (χ1n) is 36.8. The smallest absolute Gasteiger partial charge is 0.462 e. The molecule has 0 saturated heterocycles. The number of hydrogen-bond donors (Lipinski definition) is 3. The molecule has 0 aromatic rings. The van der Waals surface area contributed by atoms with E-state index in [1.54, 1.807) is 0 Å². The zero-order valence-electron chi connectivity index (χ0n) is 58.6. The van der Waals surface area contributed by atoms with Gasteiger partial charge in [-0.3, -0.25) is 37.3 Å². The molecule has 0 aliphatic heterocycles. The van der Waals surface area contributed by atoms with Crippen LogP contribution in [0.2, 0.25) is 0 Å². The summed E-state index contributed by atoms with van der Waals surface area (Å²) >= 11 is 0. The Hall–Kier alpha value is -1.94. The van der Waals surface area contributed by atoms with Gasteiger partial charge in [0.15, 0.2) is 12.2 Å². The first kappa shape index (κ1) is 88.1. The lowest BCUT2D eigenvalue weighted by molar-refractivity contribution is -0.161. The summed E-state index contributed by atoms with van der Waals surface area (Å²) in [7, 11) is -9.90. The van der Waals surface area contributed by atoms with Crippen LogP contribution in [0.3, 0.4) is 0 Å². The summed E-state index contributed by atoms with van der Waals surface area (Å²) in [6, 6.07) is 0. The van der Waals surface area contributed by atoms with Gasteiger partial charge >= 0.3 is 39.5 Å². The van der Waals surface area contributed by atoms with Crippen molar-refractivity contribution in [2.75, 3.05) is 39.6 Å². The Kier molecular flexibility index (Phi) is 60.6. The van der Waals surface area contributed by atoms with E-state index in [9.17, 15) is 43.2 Å². The van der Waals surface area contributed by atoms with Gasteiger partial charge < -0.3 is 33.8 Å². The van der Waals surface area contributed by atoms with E-state index in [1.807, 2.05) is 0 Å². The molecule has 0 spiro atoms. The highest BCUT2D eigenvalue weighted by Crippen LogP contribution is 2.45. The third kappa shape index (κ3) is 64.8. The summed E-state index contributed by atoms with van der Waals surface area (Å²) in [5, 5.41) is 10.6. The second-order valence-electron chi connectivity index (χ2n) is 27.1. The Bertz CT molecular complexity index is 1770. The van der Waals surface area contributed by atoms with Gasteiger partial charge in [-0.1, -0.05) is 305 Å². The van der Waals surface area contributed by atoms with Crippen LogP contribution in [0.4, 0.5) is 0 Å². The van der Waals surface area contributed by atoms with Crippen LogP contribution in [0.25, 0.3) is 0 Å². The number of aliphatic hydroxyl groups excluding tert-OH is 1. The molecular weight excluding hydrogens is 1190 g/mol. The van der Waals surface area contributed by atoms with Gasteiger partial charge in [-0.2, -0.15) is 0 Å². The van der Waals surface area contributed by atoms with Crippen molar-refractivity contribution < 1.29 is 80.2 Å². The third-order valence-corrected chi connectivity index (χ3v) is 18.3. The molecule has 0 saturated carbocycles. The van der Waals surface area contributed by atoms with Crippen molar-refractivity contribution in [2.45, 2.75) is 375 Å². The maximum absolute atomic E-state index is 13.0. The quantitative estimate of drug-likeness (QED) is 0.0222. The van der Waals surface area contributed by atoms with Crippen LogP contribution in [-0.4, -0.2) is 96.7 Å². The lowest BCUT2D eigenvalue weighted by Gasteiger charge is -2.21. The molecule has 2 unspecified atom stereocenters. The predicted octanol–water partition coefficient (Wildman–Crippen LogP) is 20.2. The number of carbonyl (C=O) groups is 4. The summed E-state index contributed by atoms with van der Waals surface area (Å²) in [5.41, 5.74) is 0. The summed E-state index contributed by atoms with van der Waals surface area (Å²) < 4.78 is 68.3. The maximum atomic E-state index is 13.0. The van der Waals surface area contributed by atoms with E-state index >= 15 is 0 Å². The summed E-state index contributed by atoms with van der Waals surface area (Å²) in [5.74, 6) is 0.0570. The molecule has 0 bridgehead atoms. The number of carbonyl (C=O) groups excluding carboxylic acids is 4. The highest BCUT2D eigenvalue weighted by Gasteiger charge is 2.30. The van der Waals surface area contributed by atoms with Crippen molar-refractivity contribution in [3.63, 3.8) is 0 Å². The van der Waals surface area contributed by atoms with E-state index in [1.165, 1.54) is 161 Å². The van der Waals surface area contributed by atoms with Gasteiger partial charge in [0.1, 0.15) is 19.3 Å². The van der Waals surface area contributed by atoms with Crippen LogP contribution in [0.15, 0.2) is 0 Å². The first-order chi connectivity index (χ1) is 43.2. The molecule has 534 valence electrons. The van der Waals surface area contributed by atoms with E-state index in [4.69, 9.17) is 37.0 Å². The largest absolute Gasteiger partial charge is 0.472 e. The molecule has 0 amide bonds. The van der Waals surface area contributed by atoms with Crippen molar-refractivity contribution in [3.05, 3.63) is 0 Å². The van der Waals surface area contributed by atoms with Crippen molar-refractivity contribution in [2.24, 2.45) is 17.8 Å². The Labute approximate surface area is 549 Å². The van der Waals surface area contributed by atoms with E-state index in [2.05, 4.69) is 48.5 Å². The van der Waals surface area contributed by atoms with Gasteiger partial charge in [-0.15, -0.1) is 0 Å². The SMILES string of the molecule is CCCCCCCCCCCCCCCCC(=O)OC[C@H](COP(=O)(O)OC[C@@H](O)COP(=O)(O)OC[C@@H](COC(=O)CCCCCCCCC(C)C)OC(=O)CCCCCCCCCCC(C)C)OC(=O)CCCCCCCCCCCCCCCC(C)C. The highest BCUT2D eigenvalue weighted by molar-refractivity contribution is 7.47. The molecule has 5 atom stereocenters. The maximum Gasteiger partial charge on any atom is 0.472 e. The van der Waals surface area contributed by atoms with E-state index in [-0.39, 0.29) is 25.7 Å². The molecule has 0 aromatic heterocycles. The van der Waals surface area contributed by atoms with Crippen molar-refractivity contribution in [1.29, 1.82) is 0 Å². The zero-order valence-corrected chi connectivity index (χ0v) is 60.4. The van der Waals surface area contributed by atoms with Crippen LogP contribution in [0.5, 0.6) is 0 Å². The molecule has 0 heterocycles. The molecule has 3 N–H and O–H groups in total. The van der Waals surface area contributed by atoms with Crippen LogP contribution in [0.1, 0.15) is 357 Å². The average Bonchev–Trinajstić information content (AvgIpc) is 3.71. The van der Waals surface area contributed by atoms with Crippen LogP contribution < -0.4 is 0 Å². The lowest BCUT2D eigenvalue weighted by Crippen LogP contribution is -2.30. The van der Waals surface area contributed by atoms with Gasteiger partial charge in [0.05, 0.1) is 26.4 Å². The first-order valence-corrected chi connectivity index (χ1v) is 39.8. The number of phosphoric acid groups is 2. The van der Waals surface area contributed by atoms with E-state index < -0.39 is 97.5 Å². The second-order valence-corrected chi connectivity index (χ2v) is 30.0. The molecular formula is C71H138O17P2. The van der Waals surface area contributed by atoms with Crippen LogP contribution in [-0.2, 0) is 65.4 Å². The number of hydrogen-bond acceptors (Lipinski definition) is 15. The molecule has 0 aliphatic carbocycles. The Balaban J connectivity index is 5.24. The fourth-order valence-corrected chi connectivity index (χ4v) is 12.3. The zero-order chi connectivity index (χ0) is 66.6.